The van der Waals surface area contributed by atoms with E-state index in [2.05, 4.69) is 5.32 Å². The maximum absolute atomic E-state index is 11.5. The summed E-state index contributed by atoms with van der Waals surface area (Å²) in [5.74, 6) is 0.225. The first-order valence-corrected chi connectivity index (χ1v) is 5.48. The average Bonchev–Trinajstić information content (AvgIpc) is 2.76. The topological polar surface area (TPSA) is 111 Å². The van der Waals surface area contributed by atoms with Gasteiger partial charge in [-0.25, -0.2) is 0 Å². The Labute approximate surface area is 99.3 Å². The highest BCUT2D eigenvalue weighted by Gasteiger charge is 2.09. The van der Waals surface area contributed by atoms with Crippen molar-refractivity contribution in [3.63, 3.8) is 0 Å². The molecule has 0 aromatic carbocycles. The van der Waals surface area contributed by atoms with Crippen LogP contribution in [-0.2, 0) is 11.3 Å². The predicted molar refractivity (Wildman–Crippen MR) is 62.0 cm³/mol. The number of amides is 2. The van der Waals surface area contributed by atoms with Crippen LogP contribution in [0, 0.1) is 0 Å². The maximum Gasteiger partial charge on any atom is 0.286 e. The fourth-order valence-corrected chi connectivity index (χ4v) is 1.32. The monoisotopic (exact) mass is 239 g/mol. The summed E-state index contributed by atoms with van der Waals surface area (Å²) in [5, 5.41) is 2.68. The van der Waals surface area contributed by atoms with Gasteiger partial charge in [0.2, 0.25) is 5.91 Å². The van der Waals surface area contributed by atoms with E-state index in [0.29, 0.717) is 31.6 Å². The second-order valence-corrected chi connectivity index (χ2v) is 3.65. The quantitative estimate of drug-likeness (QED) is 0.587. The number of rotatable bonds is 7. The summed E-state index contributed by atoms with van der Waals surface area (Å²) in [7, 11) is 0. The van der Waals surface area contributed by atoms with Crippen LogP contribution in [0.4, 0.5) is 0 Å². The molecule has 0 saturated carbocycles. The predicted octanol–water partition coefficient (Wildman–Crippen LogP) is 0.124. The summed E-state index contributed by atoms with van der Waals surface area (Å²) < 4.78 is 5.18. The molecule has 94 valence electrons. The summed E-state index contributed by atoms with van der Waals surface area (Å²) in [6, 6.07) is 3.25. The van der Waals surface area contributed by atoms with Crippen molar-refractivity contribution in [2.75, 3.05) is 6.54 Å². The minimum Gasteiger partial charge on any atom is -0.455 e. The van der Waals surface area contributed by atoms with Crippen LogP contribution in [0.1, 0.15) is 35.6 Å². The third-order valence-electron chi connectivity index (χ3n) is 2.22. The Morgan fingerprint density at radius 1 is 1.29 bits per heavy atom. The summed E-state index contributed by atoms with van der Waals surface area (Å²) >= 11 is 0. The van der Waals surface area contributed by atoms with Crippen LogP contribution in [-0.4, -0.2) is 18.4 Å². The second-order valence-electron chi connectivity index (χ2n) is 3.65. The van der Waals surface area contributed by atoms with E-state index in [1.165, 1.54) is 0 Å². The van der Waals surface area contributed by atoms with E-state index in [4.69, 9.17) is 15.9 Å². The normalized spacial score (nSPS) is 10.2. The van der Waals surface area contributed by atoms with Crippen LogP contribution < -0.4 is 16.8 Å². The Kier molecular flexibility index (Phi) is 5.22. The second kappa shape index (κ2) is 6.70. The molecular weight excluding hydrogens is 222 g/mol. The smallest absolute Gasteiger partial charge is 0.286 e. The lowest BCUT2D eigenvalue weighted by atomic mass is 10.2. The molecule has 1 aromatic heterocycles. The van der Waals surface area contributed by atoms with Gasteiger partial charge in [-0.15, -0.1) is 0 Å². The van der Waals surface area contributed by atoms with E-state index in [0.717, 1.165) is 0 Å². The van der Waals surface area contributed by atoms with Gasteiger partial charge >= 0.3 is 0 Å². The van der Waals surface area contributed by atoms with Gasteiger partial charge in [0.1, 0.15) is 5.76 Å². The van der Waals surface area contributed by atoms with Gasteiger partial charge < -0.3 is 21.2 Å². The number of carbonyl (C=O) groups excluding carboxylic acids is 2. The van der Waals surface area contributed by atoms with Gasteiger partial charge in [0, 0.05) is 13.0 Å². The molecule has 0 atom stereocenters. The summed E-state index contributed by atoms with van der Waals surface area (Å²) in [5.41, 5.74) is 10.4. The lowest BCUT2D eigenvalue weighted by Gasteiger charge is -2.02. The minimum atomic E-state index is -0.324. The third kappa shape index (κ3) is 4.69. The molecule has 6 nitrogen and oxygen atoms in total. The van der Waals surface area contributed by atoms with Crippen LogP contribution in [0.5, 0.6) is 0 Å². The molecule has 0 saturated heterocycles. The molecule has 0 fully saturated rings. The Morgan fingerprint density at radius 2 is 2.06 bits per heavy atom. The minimum absolute atomic E-state index is 0.250. The van der Waals surface area contributed by atoms with Gasteiger partial charge in [-0.3, -0.25) is 9.59 Å². The van der Waals surface area contributed by atoms with Gasteiger partial charge in [-0.2, -0.15) is 0 Å². The van der Waals surface area contributed by atoms with Gasteiger partial charge in [-0.1, -0.05) is 0 Å². The van der Waals surface area contributed by atoms with Crippen molar-refractivity contribution in [2.24, 2.45) is 11.5 Å². The van der Waals surface area contributed by atoms with Gasteiger partial charge in [0.25, 0.3) is 5.91 Å². The van der Waals surface area contributed by atoms with Crippen LogP contribution in [0.3, 0.4) is 0 Å². The molecule has 1 aromatic rings. The van der Waals surface area contributed by atoms with Crippen molar-refractivity contribution < 1.29 is 14.0 Å². The van der Waals surface area contributed by atoms with Gasteiger partial charge in [0.05, 0.1) is 6.54 Å². The fourth-order valence-electron chi connectivity index (χ4n) is 1.32. The van der Waals surface area contributed by atoms with E-state index < -0.39 is 0 Å². The van der Waals surface area contributed by atoms with Crippen LogP contribution >= 0.6 is 0 Å². The van der Waals surface area contributed by atoms with Crippen molar-refractivity contribution in [1.82, 2.24) is 5.32 Å². The number of nitrogens with two attached hydrogens (primary N) is 2. The lowest BCUT2D eigenvalue weighted by Crippen LogP contribution is -2.24. The molecule has 0 spiro atoms. The van der Waals surface area contributed by atoms with E-state index in [9.17, 15) is 9.59 Å². The largest absolute Gasteiger partial charge is 0.455 e. The first-order valence-electron chi connectivity index (χ1n) is 5.48. The van der Waals surface area contributed by atoms with Crippen molar-refractivity contribution in [3.8, 4) is 0 Å². The van der Waals surface area contributed by atoms with Crippen LogP contribution in [0.25, 0.3) is 0 Å². The van der Waals surface area contributed by atoms with Crippen molar-refractivity contribution in [3.05, 3.63) is 23.7 Å². The molecule has 0 radical (unpaired) electrons. The van der Waals surface area contributed by atoms with Gasteiger partial charge in [0.15, 0.2) is 5.76 Å². The van der Waals surface area contributed by atoms with E-state index in [1.807, 2.05) is 0 Å². The molecule has 0 bridgehead atoms. The highest BCUT2D eigenvalue weighted by atomic mass is 16.4. The number of unbranched alkanes of at least 4 members (excludes halogenated alkanes) is 1. The molecule has 0 aliphatic heterocycles. The molecule has 2 amide bonds. The Hall–Kier alpha value is -1.82. The molecule has 5 N–H and O–H groups in total. The summed E-state index contributed by atoms with van der Waals surface area (Å²) in [4.78, 5) is 22.0. The summed E-state index contributed by atoms with van der Waals surface area (Å²) in [6.45, 7) is 0.761. The summed E-state index contributed by atoms with van der Waals surface area (Å²) in [6.07, 6.45) is 1.72. The molecule has 6 heteroatoms. The van der Waals surface area contributed by atoms with Crippen molar-refractivity contribution >= 4 is 11.8 Å². The molecule has 1 heterocycles. The zero-order valence-electron chi connectivity index (χ0n) is 9.57. The number of nitrogens with one attached hydrogen (secondary N) is 1. The van der Waals surface area contributed by atoms with Gasteiger partial charge in [-0.05, 0) is 25.0 Å². The third-order valence-corrected chi connectivity index (χ3v) is 2.22. The molecular formula is C11H17N3O3. The Balaban J connectivity index is 2.23. The molecule has 0 unspecified atom stereocenters. The van der Waals surface area contributed by atoms with Crippen molar-refractivity contribution in [2.45, 2.75) is 25.8 Å². The number of furan rings is 1. The highest BCUT2D eigenvalue weighted by Crippen LogP contribution is 2.06. The zero-order chi connectivity index (χ0) is 12.7. The first-order chi connectivity index (χ1) is 8.13. The Bertz CT molecular complexity index is 387. The maximum atomic E-state index is 11.5. The lowest BCUT2D eigenvalue weighted by molar-refractivity contribution is -0.118. The van der Waals surface area contributed by atoms with Crippen molar-refractivity contribution in [1.29, 1.82) is 0 Å². The number of carbonyl (C=O) groups is 2. The highest BCUT2D eigenvalue weighted by molar-refractivity contribution is 5.91. The molecule has 1 rings (SSSR count). The molecule has 0 aliphatic carbocycles. The average molecular weight is 239 g/mol. The number of hydrogen-bond donors (Lipinski definition) is 3. The van der Waals surface area contributed by atoms with E-state index >= 15 is 0 Å². The van der Waals surface area contributed by atoms with Crippen LogP contribution in [0.2, 0.25) is 0 Å². The van der Waals surface area contributed by atoms with Crippen LogP contribution in [0.15, 0.2) is 16.5 Å². The van der Waals surface area contributed by atoms with E-state index in [-0.39, 0.29) is 24.1 Å². The first kappa shape index (κ1) is 13.2. The molecule has 17 heavy (non-hydrogen) atoms. The number of primary amides is 1. The zero-order valence-corrected chi connectivity index (χ0v) is 9.57. The molecule has 0 aliphatic rings. The Morgan fingerprint density at radius 3 is 2.65 bits per heavy atom. The number of hydrogen-bond acceptors (Lipinski definition) is 4. The standard InChI is InChI=1S/C11H17N3O3/c12-7-8-4-5-9(17-8)11(16)14-6-2-1-3-10(13)15/h4-5H,1-3,6-7,12H2,(H2,13,15)(H,14,16). The fraction of sp³-hybridized carbons (Fsp3) is 0.455. The van der Waals surface area contributed by atoms with E-state index in [1.54, 1.807) is 12.1 Å². The SMILES string of the molecule is NCc1ccc(C(=O)NCCCCC(N)=O)o1.